The second-order valence-electron chi connectivity index (χ2n) is 3.77. The van der Waals surface area contributed by atoms with E-state index in [0.717, 1.165) is 6.67 Å². The van der Waals surface area contributed by atoms with Gasteiger partial charge in [-0.3, -0.25) is 0 Å². The Bertz CT molecular complexity index is 159. The average Bonchev–Trinajstić information content (AvgIpc) is 2.54. The molecule has 0 fully saturated rings. The first-order valence-corrected chi connectivity index (χ1v) is 5.53. The summed E-state index contributed by atoms with van der Waals surface area (Å²) in [6.07, 6.45) is 9.70. The second kappa shape index (κ2) is 7.98. The van der Waals surface area contributed by atoms with Crippen molar-refractivity contribution in [1.82, 2.24) is 9.80 Å². The summed E-state index contributed by atoms with van der Waals surface area (Å²) >= 11 is 0. The average molecular weight is 219 g/mol. The zero-order valence-corrected chi connectivity index (χ0v) is 10.2. The topological polar surface area (TPSA) is 6.48 Å². The molecule has 0 saturated heterocycles. The molecule has 0 spiro atoms. The summed E-state index contributed by atoms with van der Waals surface area (Å²) in [5.74, 6) is 0. The van der Waals surface area contributed by atoms with Crippen LogP contribution in [0.5, 0.6) is 0 Å². The van der Waals surface area contributed by atoms with Crippen LogP contribution in [0.25, 0.3) is 0 Å². The van der Waals surface area contributed by atoms with E-state index in [2.05, 4.69) is 36.0 Å². The maximum atomic E-state index is 2.41. The molecule has 3 heteroatoms. The lowest BCUT2D eigenvalue weighted by molar-refractivity contribution is 0.262. The van der Waals surface area contributed by atoms with Gasteiger partial charge in [0.1, 0.15) is 0 Å². The van der Waals surface area contributed by atoms with Crippen LogP contribution in [0.2, 0.25) is 0 Å². The third-order valence-electron chi connectivity index (χ3n) is 2.41. The smallest absolute Gasteiger partial charge is 0.0893 e. The first kappa shape index (κ1) is 13.6. The number of hydrogen-bond acceptors (Lipinski definition) is 2. The lowest BCUT2D eigenvalue weighted by Gasteiger charge is -2.20. The minimum Gasteiger partial charge on any atom is -0.359 e. The molecule has 0 bridgehead atoms. The first-order valence-electron chi connectivity index (χ1n) is 5.53. The Morgan fingerprint density at radius 2 is 1.57 bits per heavy atom. The summed E-state index contributed by atoms with van der Waals surface area (Å²) in [6, 6.07) is 0. The van der Waals surface area contributed by atoms with Crippen LogP contribution >= 0.6 is 12.4 Å². The van der Waals surface area contributed by atoms with Crippen LogP contribution in [0.4, 0.5) is 0 Å². The van der Waals surface area contributed by atoms with E-state index in [0.29, 0.717) is 0 Å². The van der Waals surface area contributed by atoms with Gasteiger partial charge in [0.2, 0.25) is 0 Å². The maximum Gasteiger partial charge on any atom is 0.0893 e. The number of hydrogen-bond donors (Lipinski definition) is 0. The standard InChI is InChI=1S/C11H22N2.ClH/c1-3-5-6-8-13-10-9-12(11-13)7-4-2;/h9-10H,3-8,11H2,1-2H3;1H. The van der Waals surface area contributed by atoms with Crippen molar-refractivity contribution in [2.45, 2.75) is 39.5 Å². The second-order valence-corrected chi connectivity index (χ2v) is 3.77. The Labute approximate surface area is 94.4 Å². The van der Waals surface area contributed by atoms with E-state index < -0.39 is 0 Å². The van der Waals surface area contributed by atoms with Crippen molar-refractivity contribution in [3.05, 3.63) is 12.4 Å². The normalized spacial score (nSPS) is 14.7. The minimum atomic E-state index is 0. The lowest BCUT2D eigenvalue weighted by atomic mass is 10.2. The molecule has 84 valence electrons. The van der Waals surface area contributed by atoms with E-state index in [-0.39, 0.29) is 12.4 Å². The Balaban J connectivity index is 0.00000169. The Morgan fingerprint density at radius 3 is 2.14 bits per heavy atom. The zero-order chi connectivity index (χ0) is 9.52. The van der Waals surface area contributed by atoms with Crippen LogP contribution < -0.4 is 0 Å². The molecule has 0 atom stereocenters. The van der Waals surface area contributed by atoms with Gasteiger partial charge in [-0.05, 0) is 12.8 Å². The Morgan fingerprint density at radius 1 is 0.929 bits per heavy atom. The van der Waals surface area contributed by atoms with Crippen LogP contribution in [0, 0.1) is 0 Å². The molecule has 0 unspecified atom stereocenters. The molecule has 14 heavy (non-hydrogen) atoms. The van der Waals surface area contributed by atoms with E-state index in [1.807, 2.05) is 0 Å². The van der Waals surface area contributed by atoms with Crippen molar-refractivity contribution in [2.24, 2.45) is 0 Å². The molecule has 0 radical (unpaired) electrons. The van der Waals surface area contributed by atoms with Gasteiger partial charge in [-0.2, -0.15) is 0 Å². The summed E-state index contributed by atoms with van der Waals surface area (Å²) in [5.41, 5.74) is 0. The summed E-state index contributed by atoms with van der Waals surface area (Å²) in [5, 5.41) is 0. The monoisotopic (exact) mass is 218 g/mol. The van der Waals surface area contributed by atoms with Crippen molar-refractivity contribution in [1.29, 1.82) is 0 Å². The van der Waals surface area contributed by atoms with E-state index in [4.69, 9.17) is 0 Å². The summed E-state index contributed by atoms with van der Waals surface area (Å²) < 4.78 is 0. The predicted molar refractivity (Wildman–Crippen MR) is 64.5 cm³/mol. The molecule has 1 heterocycles. The molecule has 0 aromatic carbocycles. The van der Waals surface area contributed by atoms with Crippen LogP contribution in [-0.2, 0) is 0 Å². The number of rotatable bonds is 6. The number of unbranched alkanes of at least 4 members (excludes halogenated alkanes) is 2. The molecule has 0 N–H and O–H groups in total. The van der Waals surface area contributed by atoms with Gasteiger partial charge in [-0.15, -0.1) is 12.4 Å². The summed E-state index contributed by atoms with van der Waals surface area (Å²) in [7, 11) is 0. The molecule has 1 aliphatic heterocycles. The largest absolute Gasteiger partial charge is 0.359 e. The molecule has 0 aromatic rings. The van der Waals surface area contributed by atoms with Crippen LogP contribution in [0.3, 0.4) is 0 Å². The van der Waals surface area contributed by atoms with E-state index in [1.54, 1.807) is 0 Å². The summed E-state index contributed by atoms with van der Waals surface area (Å²) in [6.45, 7) is 8.01. The highest BCUT2D eigenvalue weighted by molar-refractivity contribution is 5.85. The lowest BCUT2D eigenvalue weighted by Crippen LogP contribution is -2.26. The quantitative estimate of drug-likeness (QED) is 0.633. The molecule has 2 nitrogen and oxygen atoms in total. The van der Waals surface area contributed by atoms with Gasteiger partial charge >= 0.3 is 0 Å². The third-order valence-corrected chi connectivity index (χ3v) is 2.41. The SMILES string of the molecule is CCCCCN1C=CN(CCC)C1.Cl. The molecular weight excluding hydrogens is 196 g/mol. The van der Waals surface area contributed by atoms with Gasteiger partial charge in [0.25, 0.3) is 0 Å². The maximum absolute atomic E-state index is 2.41. The highest BCUT2D eigenvalue weighted by atomic mass is 35.5. The number of halogens is 1. The molecule has 0 aliphatic carbocycles. The fraction of sp³-hybridized carbons (Fsp3) is 0.818. The van der Waals surface area contributed by atoms with E-state index >= 15 is 0 Å². The van der Waals surface area contributed by atoms with Crippen molar-refractivity contribution in [3.8, 4) is 0 Å². The van der Waals surface area contributed by atoms with Gasteiger partial charge < -0.3 is 9.80 Å². The Hall–Kier alpha value is -0.370. The van der Waals surface area contributed by atoms with Crippen molar-refractivity contribution >= 4 is 12.4 Å². The van der Waals surface area contributed by atoms with Crippen molar-refractivity contribution in [3.63, 3.8) is 0 Å². The van der Waals surface area contributed by atoms with Crippen molar-refractivity contribution < 1.29 is 0 Å². The molecule has 0 amide bonds. The van der Waals surface area contributed by atoms with Crippen LogP contribution in [0.15, 0.2) is 12.4 Å². The first-order chi connectivity index (χ1) is 6.36. The zero-order valence-electron chi connectivity index (χ0n) is 9.41. The van der Waals surface area contributed by atoms with E-state index in [1.165, 1.54) is 38.8 Å². The molecule has 0 saturated carbocycles. The molecule has 0 aromatic heterocycles. The molecular formula is C11H23ClN2. The molecule has 1 aliphatic rings. The summed E-state index contributed by atoms with van der Waals surface area (Å²) in [4.78, 5) is 4.79. The fourth-order valence-corrected chi connectivity index (χ4v) is 1.66. The van der Waals surface area contributed by atoms with E-state index in [9.17, 15) is 0 Å². The van der Waals surface area contributed by atoms with Crippen molar-refractivity contribution in [2.75, 3.05) is 19.8 Å². The molecule has 1 rings (SSSR count). The van der Waals surface area contributed by atoms with Gasteiger partial charge in [-0.25, -0.2) is 0 Å². The predicted octanol–water partition coefficient (Wildman–Crippen LogP) is 3.05. The van der Waals surface area contributed by atoms with Gasteiger partial charge in [0.05, 0.1) is 6.67 Å². The van der Waals surface area contributed by atoms with Crippen LogP contribution in [-0.4, -0.2) is 29.6 Å². The Kier molecular flexibility index (Phi) is 7.77. The van der Waals surface area contributed by atoms with Crippen LogP contribution in [0.1, 0.15) is 39.5 Å². The van der Waals surface area contributed by atoms with Gasteiger partial charge in [0, 0.05) is 25.5 Å². The fourth-order valence-electron chi connectivity index (χ4n) is 1.66. The van der Waals surface area contributed by atoms with Gasteiger partial charge in [-0.1, -0.05) is 26.7 Å². The van der Waals surface area contributed by atoms with Gasteiger partial charge in [0.15, 0.2) is 0 Å². The third kappa shape index (κ3) is 4.75. The highest BCUT2D eigenvalue weighted by Crippen LogP contribution is 2.08. The highest BCUT2D eigenvalue weighted by Gasteiger charge is 2.09. The minimum absolute atomic E-state index is 0. The number of nitrogens with zero attached hydrogens (tertiary/aromatic N) is 2.